The van der Waals surface area contributed by atoms with E-state index in [0.717, 1.165) is 5.69 Å². The Balaban J connectivity index is 1.49. The molecule has 0 bridgehead atoms. The molecule has 0 fully saturated rings. The average Bonchev–Trinajstić information content (AvgIpc) is 2.69. The first kappa shape index (κ1) is 20.0. The second-order valence-corrected chi connectivity index (χ2v) is 6.41. The first-order valence-corrected chi connectivity index (χ1v) is 9.07. The van der Waals surface area contributed by atoms with Gasteiger partial charge in [-0.2, -0.15) is 0 Å². The Kier molecular flexibility index (Phi) is 6.18. The Labute approximate surface area is 166 Å². The van der Waals surface area contributed by atoms with E-state index in [4.69, 9.17) is 4.74 Å². The highest BCUT2D eigenvalue weighted by molar-refractivity contribution is 5.69. The van der Waals surface area contributed by atoms with Crippen molar-refractivity contribution in [3.8, 4) is 0 Å². The van der Waals surface area contributed by atoms with Gasteiger partial charge in [0.25, 0.3) is 11.2 Å². The highest BCUT2D eigenvalue weighted by atomic mass is 16.6. The highest BCUT2D eigenvalue weighted by Gasteiger charge is 2.12. The molecule has 2 heterocycles. The number of hydrogen-bond donors (Lipinski definition) is 1. The van der Waals surface area contributed by atoms with Crippen LogP contribution in [0.15, 0.2) is 53.3 Å². The van der Waals surface area contributed by atoms with Crippen LogP contribution in [0.1, 0.15) is 24.2 Å². The number of para-hydroxylation sites is 2. The summed E-state index contributed by atoms with van der Waals surface area (Å²) < 4.78 is 6.68. The third-order valence-corrected chi connectivity index (χ3v) is 4.29. The van der Waals surface area contributed by atoms with E-state index in [1.165, 1.54) is 16.5 Å². The first-order chi connectivity index (χ1) is 14.0. The summed E-state index contributed by atoms with van der Waals surface area (Å²) in [6.07, 6.45) is 0.581. The SMILES string of the molecule is Cc1cccc2nc(COC(=O)CCCNc3ccccc3[N+](=O)[O-])cc(=O)n12. The lowest BCUT2D eigenvalue weighted by Crippen LogP contribution is -2.18. The van der Waals surface area contributed by atoms with E-state index in [0.29, 0.717) is 30.0 Å². The number of carbonyl (C=O) groups excluding carboxylic acids is 1. The van der Waals surface area contributed by atoms with Crippen LogP contribution in [0.5, 0.6) is 0 Å². The predicted molar refractivity (Wildman–Crippen MR) is 107 cm³/mol. The molecule has 1 aromatic carbocycles. The van der Waals surface area contributed by atoms with E-state index in [1.807, 2.05) is 13.0 Å². The second kappa shape index (κ2) is 8.96. The number of anilines is 1. The third-order valence-electron chi connectivity index (χ3n) is 4.29. The summed E-state index contributed by atoms with van der Waals surface area (Å²) in [5.41, 5.74) is 1.81. The number of rotatable bonds is 8. The van der Waals surface area contributed by atoms with Crippen LogP contribution in [-0.4, -0.2) is 26.8 Å². The van der Waals surface area contributed by atoms with Crippen LogP contribution in [-0.2, 0) is 16.1 Å². The molecule has 29 heavy (non-hydrogen) atoms. The lowest BCUT2D eigenvalue weighted by molar-refractivity contribution is -0.384. The number of nitro benzene ring substituents is 1. The van der Waals surface area contributed by atoms with Gasteiger partial charge in [0.15, 0.2) is 0 Å². The monoisotopic (exact) mass is 396 g/mol. The zero-order valence-electron chi connectivity index (χ0n) is 15.8. The Hall–Kier alpha value is -3.75. The smallest absolute Gasteiger partial charge is 0.306 e. The van der Waals surface area contributed by atoms with Gasteiger partial charge >= 0.3 is 5.97 Å². The van der Waals surface area contributed by atoms with Crippen molar-refractivity contribution in [2.24, 2.45) is 0 Å². The molecule has 0 saturated carbocycles. The van der Waals surface area contributed by atoms with E-state index in [2.05, 4.69) is 10.3 Å². The predicted octanol–water partition coefficient (Wildman–Crippen LogP) is 2.85. The zero-order valence-corrected chi connectivity index (χ0v) is 15.8. The van der Waals surface area contributed by atoms with Gasteiger partial charge in [-0.25, -0.2) is 4.98 Å². The maximum atomic E-state index is 12.2. The maximum Gasteiger partial charge on any atom is 0.306 e. The molecule has 0 amide bonds. The molecular formula is C20H20N4O5. The summed E-state index contributed by atoms with van der Waals surface area (Å²) in [5, 5.41) is 13.9. The molecular weight excluding hydrogens is 376 g/mol. The number of pyridine rings is 1. The second-order valence-electron chi connectivity index (χ2n) is 6.41. The van der Waals surface area contributed by atoms with Crippen molar-refractivity contribution in [2.45, 2.75) is 26.4 Å². The molecule has 0 saturated heterocycles. The molecule has 0 aliphatic carbocycles. The molecule has 9 nitrogen and oxygen atoms in total. The molecule has 1 N–H and O–H groups in total. The topological polar surface area (TPSA) is 116 Å². The summed E-state index contributed by atoms with van der Waals surface area (Å²) in [6, 6.07) is 13.0. The Bertz CT molecular complexity index is 1110. The van der Waals surface area contributed by atoms with Crippen molar-refractivity contribution in [1.29, 1.82) is 0 Å². The van der Waals surface area contributed by atoms with Crippen molar-refractivity contribution in [1.82, 2.24) is 9.38 Å². The van der Waals surface area contributed by atoms with Gasteiger partial charge in [0.2, 0.25) is 0 Å². The van der Waals surface area contributed by atoms with Gasteiger partial charge in [-0.05, 0) is 31.5 Å². The van der Waals surface area contributed by atoms with Crippen molar-refractivity contribution >= 4 is 23.0 Å². The lowest BCUT2D eigenvalue weighted by Gasteiger charge is -2.08. The van der Waals surface area contributed by atoms with Crippen molar-refractivity contribution in [3.63, 3.8) is 0 Å². The Morgan fingerprint density at radius 1 is 1.24 bits per heavy atom. The number of esters is 1. The number of hydrogen-bond acceptors (Lipinski definition) is 7. The lowest BCUT2D eigenvalue weighted by atomic mass is 10.2. The number of nitrogens with zero attached hydrogens (tertiary/aromatic N) is 3. The number of aromatic nitrogens is 2. The fourth-order valence-corrected chi connectivity index (χ4v) is 2.90. The molecule has 9 heteroatoms. The largest absolute Gasteiger partial charge is 0.459 e. The van der Waals surface area contributed by atoms with Gasteiger partial charge in [-0.1, -0.05) is 18.2 Å². The summed E-state index contributed by atoms with van der Waals surface area (Å²) in [4.78, 5) is 39.0. The molecule has 0 aliphatic rings. The standard InChI is InChI=1S/C20H20N4O5/c1-14-6-4-9-18-22-15(12-19(25)23(14)18)13-29-20(26)10-5-11-21-16-7-2-3-8-17(16)24(27)28/h2-4,6-9,12,21H,5,10-11,13H2,1H3. The minimum absolute atomic E-state index is 0.0148. The number of fused-ring (bicyclic) bond motifs is 1. The maximum absolute atomic E-state index is 12.2. The molecule has 0 atom stereocenters. The quantitative estimate of drug-likeness (QED) is 0.269. The number of ether oxygens (including phenoxy) is 1. The molecule has 3 aromatic rings. The van der Waals surface area contributed by atoms with Gasteiger partial charge in [-0.3, -0.25) is 24.1 Å². The summed E-state index contributed by atoms with van der Waals surface area (Å²) in [6.45, 7) is 2.11. The van der Waals surface area contributed by atoms with E-state index in [1.54, 1.807) is 30.3 Å². The number of aryl methyl sites for hydroxylation is 1. The van der Waals surface area contributed by atoms with Crippen molar-refractivity contribution in [3.05, 3.63) is 80.4 Å². The van der Waals surface area contributed by atoms with E-state index >= 15 is 0 Å². The van der Waals surface area contributed by atoms with Gasteiger partial charge in [0.05, 0.1) is 10.6 Å². The van der Waals surface area contributed by atoms with E-state index in [-0.39, 0.29) is 24.3 Å². The fraction of sp³-hybridized carbons (Fsp3) is 0.250. The Morgan fingerprint density at radius 3 is 2.83 bits per heavy atom. The molecule has 0 unspecified atom stereocenters. The van der Waals surface area contributed by atoms with Crippen LogP contribution in [0, 0.1) is 17.0 Å². The van der Waals surface area contributed by atoms with Gasteiger partial charge in [-0.15, -0.1) is 0 Å². The van der Waals surface area contributed by atoms with Crippen LogP contribution < -0.4 is 10.9 Å². The summed E-state index contributed by atoms with van der Waals surface area (Å²) in [5.74, 6) is -0.430. The number of nitro groups is 1. The Morgan fingerprint density at radius 2 is 2.03 bits per heavy atom. The highest BCUT2D eigenvalue weighted by Crippen LogP contribution is 2.22. The molecule has 0 radical (unpaired) electrons. The minimum atomic E-state index is -0.461. The normalized spacial score (nSPS) is 10.7. The fourth-order valence-electron chi connectivity index (χ4n) is 2.90. The first-order valence-electron chi connectivity index (χ1n) is 9.07. The summed E-state index contributed by atoms with van der Waals surface area (Å²) >= 11 is 0. The third kappa shape index (κ3) is 4.95. The van der Waals surface area contributed by atoms with Crippen LogP contribution in [0.25, 0.3) is 5.65 Å². The average molecular weight is 396 g/mol. The van der Waals surface area contributed by atoms with Crippen molar-refractivity contribution < 1.29 is 14.5 Å². The molecule has 3 rings (SSSR count). The molecule has 150 valence electrons. The van der Waals surface area contributed by atoms with Crippen LogP contribution in [0.4, 0.5) is 11.4 Å². The van der Waals surface area contributed by atoms with Gasteiger partial charge in [0.1, 0.15) is 17.9 Å². The van der Waals surface area contributed by atoms with Gasteiger partial charge in [0, 0.05) is 30.8 Å². The van der Waals surface area contributed by atoms with Crippen LogP contribution in [0.2, 0.25) is 0 Å². The van der Waals surface area contributed by atoms with Gasteiger partial charge < -0.3 is 10.1 Å². The van der Waals surface area contributed by atoms with Crippen LogP contribution in [0.3, 0.4) is 0 Å². The number of carbonyl (C=O) groups is 1. The molecule has 0 aliphatic heterocycles. The zero-order chi connectivity index (χ0) is 20.8. The number of benzene rings is 1. The molecule has 0 spiro atoms. The van der Waals surface area contributed by atoms with E-state index in [9.17, 15) is 19.7 Å². The summed E-state index contributed by atoms with van der Waals surface area (Å²) in [7, 11) is 0. The minimum Gasteiger partial charge on any atom is -0.459 e. The van der Waals surface area contributed by atoms with E-state index < -0.39 is 10.9 Å². The molecule has 2 aromatic heterocycles. The van der Waals surface area contributed by atoms with Crippen LogP contribution >= 0.6 is 0 Å². The number of nitrogens with one attached hydrogen (secondary N) is 1. The van der Waals surface area contributed by atoms with Crippen molar-refractivity contribution in [2.75, 3.05) is 11.9 Å².